The third-order valence-corrected chi connectivity index (χ3v) is 12.0. The molecule has 59 heavy (non-hydrogen) atoms. The van der Waals surface area contributed by atoms with E-state index in [1.807, 2.05) is 0 Å². The molecular formula is C57H41NO. The van der Waals surface area contributed by atoms with Gasteiger partial charge in [0.15, 0.2) is 5.58 Å². The Labute approximate surface area is 344 Å². The number of hydrogen-bond donors (Lipinski definition) is 0. The molecule has 0 aliphatic heterocycles. The molecule has 0 radical (unpaired) electrons. The Bertz CT molecular complexity index is 3370. The van der Waals surface area contributed by atoms with Crippen LogP contribution in [0.3, 0.4) is 0 Å². The first-order valence-electron chi connectivity index (χ1n) is 20.5. The van der Waals surface area contributed by atoms with Crippen molar-refractivity contribution in [2.45, 2.75) is 19.8 Å². The predicted molar refractivity (Wildman–Crippen MR) is 251 cm³/mol. The third-order valence-electron chi connectivity index (χ3n) is 12.0. The molecule has 0 saturated heterocycles. The molecule has 11 aromatic rings. The van der Waals surface area contributed by atoms with Crippen LogP contribution in [0.5, 0.6) is 0 Å². The average molecular weight is 756 g/mol. The number of nitrogens with zero attached hydrogens (tertiary/aromatic N) is 1. The number of furan rings is 1. The monoisotopic (exact) mass is 755 g/mol. The van der Waals surface area contributed by atoms with E-state index in [-0.39, 0.29) is 0 Å². The zero-order valence-electron chi connectivity index (χ0n) is 33.1. The lowest BCUT2D eigenvalue weighted by Gasteiger charge is -2.28. The quantitative estimate of drug-likeness (QED) is 0.161. The van der Waals surface area contributed by atoms with Crippen molar-refractivity contribution < 1.29 is 4.42 Å². The third kappa shape index (κ3) is 6.13. The summed E-state index contributed by atoms with van der Waals surface area (Å²) in [4.78, 5) is 2.38. The van der Waals surface area contributed by atoms with Crippen LogP contribution >= 0.6 is 0 Å². The Balaban J connectivity index is 1.02. The Morgan fingerprint density at radius 1 is 0.356 bits per heavy atom. The highest BCUT2D eigenvalue weighted by Crippen LogP contribution is 2.46. The number of hydrogen-bond acceptors (Lipinski definition) is 2. The van der Waals surface area contributed by atoms with Crippen LogP contribution in [-0.4, -0.2) is 0 Å². The topological polar surface area (TPSA) is 16.4 Å². The molecular weight excluding hydrogens is 715 g/mol. The fourth-order valence-electron chi connectivity index (χ4n) is 8.91. The molecule has 0 saturated carbocycles. The largest absolute Gasteiger partial charge is 0.454 e. The van der Waals surface area contributed by atoms with E-state index in [0.717, 1.165) is 44.6 Å². The Morgan fingerprint density at radius 3 is 1.46 bits per heavy atom. The minimum atomic E-state index is 0.335. The summed E-state index contributed by atoms with van der Waals surface area (Å²) < 4.78 is 6.95. The van der Waals surface area contributed by atoms with Crippen molar-refractivity contribution in [1.29, 1.82) is 0 Å². The average Bonchev–Trinajstić information content (AvgIpc) is 3.68. The highest BCUT2D eigenvalue weighted by Gasteiger charge is 2.23. The predicted octanol–water partition coefficient (Wildman–Crippen LogP) is 16.6. The van der Waals surface area contributed by atoms with Crippen LogP contribution in [-0.2, 0) is 0 Å². The fourth-order valence-corrected chi connectivity index (χ4v) is 8.91. The van der Waals surface area contributed by atoms with Crippen LogP contribution in [0.25, 0.3) is 87.6 Å². The van der Waals surface area contributed by atoms with Gasteiger partial charge < -0.3 is 9.32 Å². The highest BCUT2D eigenvalue weighted by atomic mass is 16.3. The Hall–Kier alpha value is -7.42. The fraction of sp³-hybridized carbons (Fsp3) is 0.0526. The number of para-hydroxylation sites is 3. The molecule has 0 amide bonds. The van der Waals surface area contributed by atoms with E-state index in [1.165, 1.54) is 65.7 Å². The lowest BCUT2D eigenvalue weighted by molar-refractivity contribution is 0.657. The van der Waals surface area contributed by atoms with Gasteiger partial charge in [0, 0.05) is 22.0 Å². The smallest absolute Gasteiger partial charge is 0.159 e. The molecule has 0 aliphatic rings. The van der Waals surface area contributed by atoms with Crippen LogP contribution in [0.1, 0.15) is 25.3 Å². The van der Waals surface area contributed by atoms with Gasteiger partial charge >= 0.3 is 0 Å². The van der Waals surface area contributed by atoms with Gasteiger partial charge in [-0.2, -0.15) is 0 Å². The molecule has 1 heterocycles. The summed E-state index contributed by atoms with van der Waals surface area (Å²) in [5.41, 5.74) is 13.3. The molecule has 280 valence electrons. The van der Waals surface area contributed by atoms with Gasteiger partial charge in [0.05, 0.1) is 11.4 Å². The van der Waals surface area contributed by atoms with Crippen molar-refractivity contribution in [3.8, 4) is 33.4 Å². The molecule has 0 fully saturated rings. The molecule has 0 atom stereocenters. The summed E-state index contributed by atoms with van der Waals surface area (Å²) in [5, 5.41) is 9.68. The first-order chi connectivity index (χ1) is 29.1. The van der Waals surface area contributed by atoms with Crippen LogP contribution in [0, 0.1) is 0 Å². The molecule has 0 spiro atoms. The van der Waals surface area contributed by atoms with Crippen LogP contribution in [0.2, 0.25) is 0 Å². The minimum absolute atomic E-state index is 0.335. The standard InChI is InChI=1S/C57H41NO/c1-37(2)50-16-9-17-52-53-18-10-20-55(57(53)59-56(50)52)58(54-19-8-7-15-51(54)48-28-22-39-12-4-6-14-42(39)36-48)49-31-29-40(30-32-49)43-24-25-46-35-47(27-26-45(46)34-43)44-23-21-38-11-3-5-13-41(38)33-44/h3-37H,1-2H3. The van der Waals surface area contributed by atoms with E-state index < -0.39 is 0 Å². The summed E-state index contributed by atoms with van der Waals surface area (Å²) in [6.07, 6.45) is 0. The van der Waals surface area contributed by atoms with Gasteiger partial charge in [0.1, 0.15) is 5.58 Å². The van der Waals surface area contributed by atoms with Gasteiger partial charge in [0.25, 0.3) is 0 Å². The second-order valence-electron chi connectivity index (χ2n) is 15.9. The highest BCUT2D eigenvalue weighted by molar-refractivity contribution is 6.11. The maximum absolute atomic E-state index is 6.95. The van der Waals surface area contributed by atoms with Crippen molar-refractivity contribution in [2.75, 3.05) is 4.90 Å². The van der Waals surface area contributed by atoms with Crippen LogP contribution < -0.4 is 4.90 Å². The van der Waals surface area contributed by atoms with Crippen molar-refractivity contribution >= 4 is 71.3 Å². The van der Waals surface area contributed by atoms with E-state index in [0.29, 0.717) is 5.92 Å². The lowest BCUT2D eigenvalue weighted by Crippen LogP contribution is -2.11. The first-order valence-corrected chi connectivity index (χ1v) is 20.5. The molecule has 0 N–H and O–H groups in total. The number of anilines is 3. The molecule has 0 unspecified atom stereocenters. The second kappa shape index (κ2) is 14.2. The molecule has 2 heteroatoms. The van der Waals surface area contributed by atoms with Crippen LogP contribution in [0.15, 0.2) is 211 Å². The second-order valence-corrected chi connectivity index (χ2v) is 15.9. The first kappa shape index (κ1) is 34.8. The van der Waals surface area contributed by atoms with E-state index >= 15 is 0 Å². The zero-order valence-corrected chi connectivity index (χ0v) is 33.1. The molecule has 11 rings (SSSR count). The maximum atomic E-state index is 6.95. The van der Waals surface area contributed by atoms with E-state index in [4.69, 9.17) is 4.42 Å². The van der Waals surface area contributed by atoms with Crippen molar-refractivity contribution in [2.24, 2.45) is 0 Å². The molecule has 1 aromatic heterocycles. The number of rotatable bonds is 7. The van der Waals surface area contributed by atoms with Crippen molar-refractivity contribution in [3.05, 3.63) is 212 Å². The van der Waals surface area contributed by atoms with E-state index in [9.17, 15) is 0 Å². The van der Waals surface area contributed by atoms with Gasteiger partial charge in [-0.1, -0.05) is 172 Å². The SMILES string of the molecule is CC(C)c1cccc2c1oc1c(N(c3ccc(-c4ccc5cc(-c6ccc7ccccc7c6)ccc5c4)cc3)c3ccccc3-c3ccc4ccccc4c3)cccc12. The van der Waals surface area contributed by atoms with Gasteiger partial charge in [-0.25, -0.2) is 0 Å². The maximum Gasteiger partial charge on any atom is 0.159 e. The van der Waals surface area contributed by atoms with E-state index in [1.54, 1.807) is 0 Å². The van der Waals surface area contributed by atoms with Crippen LogP contribution in [0.4, 0.5) is 17.1 Å². The van der Waals surface area contributed by atoms with E-state index in [2.05, 4.69) is 225 Å². The van der Waals surface area contributed by atoms with Crippen molar-refractivity contribution in [3.63, 3.8) is 0 Å². The van der Waals surface area contributed by atoms with Gasteiger partial charge in [-0.3, -0.25) is 0 Å². The summed E-state index contributed by atoms with van der Waals surface area (Å²) in [7, 11) is 0. The summed E-state index contributed by atoms with van der Waals surface area (Å²) in [5.74, 6) is 0.335. The molecule has 10 aromatic carbocycles. The molecule has 0 bridgehead atoms. The Kier molecular flexibility index (Phi) is 8.37. The van der Waals surface area contributed by atoms with Crippen molar-refractivity contribution in [1.82, 2.24) is 0 Å². The summed E-state index contributed by atoms with van der Waals surface area (Å²) in [6, 6.07) is 75.0. The summed E-state index contributed by atoms with van der Waals surface area (Å²) in [6.45, 7) is 4.46. The lowest BCUT2D eigenvalue weighted by atomic mass is 9.96. The minimum Gasteiger partial charge on any atom is -0.454 e. The van der Waals surface area contributed by atoms with Gasteiger partial charge in [-0.05, 0) is 120 Å². The number of benzene rings is 10. The zero-order chi connectivity index (χ0) is 39.5. The Morgan fingerprint density at radius 2 is 0.814 bits per heavy atom. The summed E-state index contributed by atoms with van der Waals surface area (Å²) >= 11 is 0. The van der Waals surface area contributed by atoms with Gasteiger partial charge in [-0.15, -0.1) is 0 Å². The van der Waals surface area contributed by atoms with Gasteiger partial charge in [0.2, 0.25) is 0 Å². The number of fused-ring (bicyclic) bond motifs is 6. The molecule has 0 aliphatic carbocycles. The normalized spacial score (nSPS) is 11.7. The molecule has 2 nitrogen and oxygen atoms in total.